The average molecular weight is 385 g/mol. The van der Waals surface area contributed by atoms with Crippen molar-refractivity contribution in [2.75, 3.05) is 0 Å². The van der Waals surface area contributed by atoms with E-state index in [-0.39, 0.29) is 17.6 Å². The molecule has 0 aliphatic carbocycles. The summed E-state index contributed by atoms with van der Waals surface area (Å²) in [5, 5.41) is 3.61. The highest BCUT2D eigenvalue weighted by molar-refractivity contribution is 7.14. The molecule has 1 aromatic heterocycles. The van der Waals surface area contributed by atoms with Crippen LogP contribution in [-0.2, 0) is 11.3 Å². The normalized spacial score (nSPS) is 12.3. The second-order valence-corrected chi connectivity index (χ2v) is 7.69. The summed E-state index contributed by atoms with van der Waals surface area (Å²) in [4.78, 5) is 25.3. The summed E-state index contributed by atoms with van der Waals surface area (Å²) >= 11 is 1.34. The molecule has 2 aromatic carbocycles. The second kappa shape index (κ2) is 8.39. The number of carbonyl (C=O) groups excluding carboxylic acids is 1. The molecule has 1 amide bonds. The van der Waals surface area contributed by atoms with Crippen LogP contribution in [0.1, 0.15) is 38.8 Å². The van der Waals surface area contributed by atoms with Crippen molar-refractivity contribution in [3.63, 3.8) is 0 Å². The molecule has 142 valence electrons. The second-order valence-electron chi connectivity index (χ2n) is 6.67. The molecule has 0 aliphatic heterocycles. The quantitative estimate of drug-likeness (QED) is 0.667. The number of hydrogen-bond donors (Lipinski definition) is 1. The number of aromatic nitrogens is 1. The van der Waals surface area contributed by atoms with Gasteiger partial charge in [-0.15, -0.1) is 0 Å². The van der Waals surface area contributed by atoms with E-state index in [9.17, 15) is 9.59 Å². The van der Waals surface area contributed by atoms with Gasteiger partial charge >= 0.3 is 0 Å². The first-order valence-corrected chi connectivity index (χ1v) is 9.90. The zero-order valence-electron chi connectivity index (χ0n) is 15.8. The summed E-state index contributed by atoms with van der Waals surface area (Å²) in [6.07, 6.45) is 0.681. The van der Waals surface area contributed by atoms with Crippen LogP contribution in [0.2, 0.25) is 0 Å². The Bertz CT molecular complexity index is 973. The van der Waals surface area contributed by atoms with Crippen LogP contribution in [0.4, 0.5) is 0 Å². The molecule has 3 aromatic rings. The molecule has 5 nitrogen and oxygen atoms in total. The van der Waals surface area contributed by atoms with Gasteiger partial charge in [0.15, 0.2) is 0 Å². The third kappa shape index (κ3) is 4.39. The smallest absolute Gasteiger partial charge is 0.269 e. The molecule has 3 rings (SSSR count). The van der Waals surface area contributed by atoms with Crippen LogP contribution in [0.15, 0.2) is 53.3 Å². The highest BCUT2D eigenvalue weighted by Gasteiger charge is 2.22. The summed E-state index contributed by atoms with van der Waals surface area (Å²) < 4.78 is 8.11. The maximum atomic E-state index is 12.7. The van der Waals surface area contributed by atoms with Gasteiger partial charge in [-0.3, -0.25) is 13.5 Å². The number of nitrogens with one attached hydrogen (secondary N) is 1. The number of carbonyl (C=O) groups is 1. The maximum absolute atomic E-state index is 12.7. The van der Waals surface area contributed by atoms with E-state index in [0.29, 0.717) is 18.4 Å². The van der Waals surface area contributed by atoms with Crippen LogP contribution in [0, 0.1) is 0 Å². The van der Waals surface area contributed by atoms with Gasteiger partial charge < -0.3 is 10.1 Å². The number of ether oxygens (including phenoxy) is 1. The Labute approximate surface area is 162 Å². The molecule has 1 N–H and O–H groups in total. The van der Waals surface area contributed by atoms with E-state index in [4.69, 9.17) is 4.74 Å². The van der Waals surface area contributed by atoms with Gasteiger partial charge in [0.1, 0.15) is 11.8 Å². The van der Waals surface area contributed by atoms with Crippen molar-refractivity contribution in [2.45, 2.75) is 45.9 Å². The van der Waals surface area contributed by atoms with E-state index >= 15 is 0 Å². The first-order valence-electron chi connectivity index (χ1n) is 9.13. The number of rotatable bonds is 7. The minimum absolute atomic E-state index is 0.104. The summed E-state index contributed by atoms with van der Waals surface area (Å²) in [6, 6.07) is 14.6. The van der Waals surface area contributed by atoms with Crippen molar-refractivity contribution < 1.29 is 9.53 Å². The van der Waals surface area contributed by atoms with Crippen LogP contribution < -0.4 is 15.6 Å². The lowest BCUT2D eigenvalue weighted by atomic mass is 10.2. The fraction of sp³-hybridized carbons (Fsp3) is 0.333. The van der Waals surface area contributed by atoms with Gasteiger partial charge in [-0.05, 0) is 50.1 Å². The largest absolute Gasteiger partial charge is 0.491 e. The third-order valence-corrected chi connectivity index (χ3v) is 5.42. The summed E-state index contributed by atoms with van der Waals surface area (Å²) in [5.74, 6) is 0.664. The minimum Gasteiger partial charge on any atom is -0.491 e. The fourth-order valence-corrected chi connectivity index (χ4v) is 4.08. The number of benzene rings is 2. The molecule has 0 aliphatic rings. The molecule has 0 radical (unpaired) electrons. The van der Waals surface area contributed by atoms with Crippen molar-refractivity contribution in [1.82, 2.24) is 9.27 Å². The van der Waals surface area contributed by atoms with Gasteiger partial charge in [0.2, 0.25) is 5.91 Å². The summed E-state index contributed by atoms with van der Waals surface area (Å²) in [6.45, 7) is 6.29. The molecule has 0 fully saturated rings. The van der Waals surface area contributed by atoms with Gasteiger partial charge in [0.05, 0.1) is 16.2 Å². The number of nitrogens with zero attached hydrogens (tertiary/aromatic N) is 1. The summed E-state index contributed by atoms with van der Waals surface area (Å²) in [7, 11) is 0. The van der Waals surface area contributed by atoms with Crippen molar-refractivity contribution in [3.05, 3.63) is 64.4 Å². The predicted molar refractivity (Wildman–Crippen MR) is 109 cm³/mol. The lowest BCUT2D eigenvalue weighted by Gasteiger charge is -2.15. The highest BCUT2D eigenvalue weighted by Crippen LogP contribution is 2.22. The SMILES string of the molecule is CCC(C(=O)NCc1ccc(OC(C)C)cc1)n1sc2ccccc2c1=O. The molecule has 0 saturated heterocycles. The Hall–Kier alpha value is -2.60. The van der Waals surface area contributed by atoms with E-state index in [2.05, 4.69) is 5.32 Å². The molecular formula is C21H24N2O3S. The topological polar surface area (TPSA) is 60.3 Å². The number of hydrogen-bond acceptors (Lipinski definition) is 4. The monoisotopic (exact) mass is 384 g/mol. The third-order valence-electron chi connectivity index (χ3n) is 4.25. The lowest BCUT2D eigenvalue weighted by molar-refractivity contribution is -0.124. The molecule has 27 heavy (non-hydrogen) atoms. The van der Waals surface area contributed by atoms with E-state index in [1.54, 1.807) is 10.0 Å². The molecule has 0 saturated carbocycles. The number of amides is 1. The minimum atomic E-state index is -0.501. The average Bonchev–Trinajstić information content (AvgIpc) is 2.98. The van der Waals surface area contributed by atoms with Gasteiger partial charge in [0.25, 0.3) is 5.56 Å². The first kappa shape index (κ1) is 19.2. The number of fused-ring (bicyclic) bond motifs is 1. The first-order chi connectivity index (χ1) is 13.0. The Kier molecular flexibility index (Phi) is 5.96. The molecule has 1 unspecified atom stereocenters. The molecule has 0 bridgehead atoms. The van der Waals surface area contributed by atoms with Gasteiger partial charge in [-0.1, -0.05) is 42.7 Å². The molecule has 1 atom stereocenters. The predicted octanol–water partition coefficient (Wildman–Crippen LogP) is 4.12. The maximum Gasteiger partial charge on any atom is 0.269 e. The van der Waals surface area contributed by atoms with Crippen molar-refractivity contribution in [3.8, 4) is 5.75 Å². The van der Waals surface area contributed by atoms with E-state index in [1.165, 1.54) is 11.5 Å². The van der Waals surface area contributed by atoms with E-state index in [1.807, 2.05) is 63.2 Å². The van der Waals surface area contributed by atoms with Gasteiger partial charge in [-0.25, -0.2) is 0 Å². The van der Waals surface area contributed by atoms with E-state index < -0.39 is 6.04 Å². The molecule has 0 spiro atoms. The standard InChI is InChI=1S/C21H24N2O3S/c1-4-18(23-21(25)17-7-5-6-8-19(17)27-23)20(24)22-13-15-9-11-16(12-10-15)26-14(2)3/h5-12,14,18H,4,13H2,1-3H3,(H,22,24). The Balaban J connectivity index is 1.70. The Morgan fingerprint density at radius 2 is 1.85 bits per heavy atom. The van der Waals surface area contributed by atoms with Crippen molar-refractivity contribution in [2.24, 2.45) is 0 Å². The van der Waals surface area contributed by atoms with Crippen molar-refractivity contribution in [1.29, 1.82) is 0 Å². The fourth-order valence-electron chi connectivity index (χ4n) is 2.92. The van der Waals surface area contributed by atoms with Crippen LogP contribution in [0.3, 0.4) is 0 Å². The van der Waals surface area contributed by atoms with Crippen LogP contribution in [-0.4, -0.2) is 16.0 Å². The van der Waals surface area contributed by atoms with E-state index in [0.717, 1.165) is 16.0 Å². The Morgan fingerprint density at radius 3 is 2.48 bits per heavy atom. The lowest BCUT2D eigenvalue weighted by Crippen LogP contribution is -2.34. The van der Waals surface area contributed by atoms with Gasteiger partial charge in [-0.2, -0.15) is 0 Å². The van der Waals surface area contributed by atoms with Gasteiger partial charge in [0, 0.05) is 6.54 Å². The van der Waals surface area contributed by atoms with Crippen molar-refractivity contribution >= 4 is 27.5 Å². The summed E-state index contributed by atoms with van der Waals surface area (Å²) in [5.41, 5.74) is 0.880. The van der Waals surface area contributed by atoms with Crippen LogP contribution >= 0.6 is 11.5 Å². The van der Waals surface area contributed by atoms with Crippen LogP contribution in [0.25, 0.3) is 10.1 Å². The highest BCUT2D eigenvalue weighted by atomic mass is 32.1. The zero-order chi connectivity index (χ0) is 19.4. The zero-order valence-corrected chi connectivity index (χ0v) is 16.6. The Morgan fingerprint density at radius 1 is 1.15 bits per heavy atom. The van der Waals surface area contributed by atoms with Crippen LogP contribution in [0.5, 0.6) is 5.75 Å². The molecular weight excluding hydrogens is 360 g/mol. The molecule has 6 heteroatoms. The molecule has 1 heterocycles.